The number of aryl methyl sites for hydroxylation is 1. The third-order valence-corrected chi connectivity index (χ3v) is 4.03. The van der Waals surface area contributed by atoms with Gasteiger partial charge in [0, 0.05) is 6.07 Å². The second-order valence-corrected chi connectivity index (χ2v) is 6.45. The number of hydrogen-bond donors (Lipinski definition) is 1. The van der Waals surface area contributed by atoms with E-state index >= 15 is 0 Å². The van der Waals surface area contributed by atoms with Gasteiger partial charge in [-0.1, -0.05) is 24.6 Å². The summed E-state index contributed by atoms with van der Waals surface area (Å²) in [5, 5.41) is 18.3. The molecular formula is C23H22N2O4. The van der Waals surface area contributed by atoms with E-state index in [1.165, 1.54) is 12.1 Å². The van der Waals surface area contributed by atoms with E-state index in [-0.39, 0.29) is 17.2 Å². The van der Waals surface area contributed by atoms with Crippen LogP contribution in [0.4, 0.5) is 11.4 Å². The normalized spacial score (nSPS) is 10.8. The number of rotatable bonds is 7. The molecule has 0 fully saturated rings. The largest absolute Gasteiger partial charge is 0.505 e. The highest BCUT2D eigenvalue weighted by molar-refractivity contribution is 5.91. The quantitative estimate of drug-likeness (QED) is 0.299. The number of esters is 1. The number of benzene rings is 3. The Morgan fingerprint density at radius 1 is 0.931 bits per heavy atom. The fourth-order valence-corrected chi connectivity index (χ4v) is 2.45. The maximum Gasteiger partial charge on any atom is 0.343 e. The van der Waals surface area contributed by atoms with E-state index in [1.807, 2.05) is 38.1 Å². The summed E-state index contributed by atoms with van der Waals surface area (Å²) in [4.78, 5) is 12.3. The van der Waals surface area contributed by atoms with Crippen LogP contribution in [-0.4, -0.2) is 17.7 Å². The van der Waals surface area contributed by atoms with E-state index in [0.29, 0.717) is 23.6 Å². The SMILES string of the molecule is CCCOc1ccc(C(=O)Oc2ccc(N=Nc3ccc(C)cc3)c(O)c2)cc1. The average Bonchev–Trinajstić information content (AvgIpc) is 2.73. The molecule has 29 heavy (non-hydrogen) atoms. The Labute approximate surface area is 169 Å². The number of phenolic OH excluding ortho intramolecular Hbond substituents is 1. The molecule has 0 saturated heterocycles. The minimum absolute atomic E-state index is 0.130. The summed E-state index contributed by atoms with van der Waals surface area (Å²) in [7, 11) is 0. The van der Waals surface area contributed by atoms with Gasteiger partial charge in [0.1, 0.15) is 22.9 Å². The van der Waals surface area contributed by atoms with Gasteiger partial charge < -0.3 is 14.6 Å². The number of azo groups is 1. The molecule has 0 unspecified atom stereocenters. The Balaban J connectivity index is 1.65. The first-order valence-electron chi connectivity index (χ1n) is 9.31. The zero-order chi connectivity index (χ0) is 20.6. The molecule has 0 spiro atoms. The Morgan fingerprint density at radius 3 is 2.28 bits per heavy atom. The molecule has 0 bridgehead atoms. The van der Waals surface area contributed by atoms with Crippen LogP contribution < -0.4 is 9.47 Å². The van der Waals surface area contributed by atoms with Crippen LogP contribution in [0.15, 0.2) is 77.0 Å². The van der Waals surface area contributed by atoms with Crippen molar-refractivity contribution in [3.8, 4) is 17.2 Å². The molecule has 0 heterocycles. The number of nitrogens with zero attached hydrogens (tertiary/aromatic N) is 2. The predicted octanol–water partition coefficient (Wildman–Crippen LogP) is 6.12. The summed E-state index contributed by atoms with van der Waals surface area (Å²) in [6, 6.07) is 18.7. The van der Waals surface area contributed by atoms with Crippen LogP contribution in [0, 0.1) is 6.92 Å². The number of carbonyl (C=O) groups is 1. The summed E-state index contributed by atoms with van der Waals surface area (Å²) in [5.41, 5.74) is 2.47. The van der Waals surface area contributed by atoms with Crippen molar-refractivity contribution in [2.45, 2.75) is 20.3 Å². The molecule has 1 N–H and O–H groups in total. The van der Waals surface area contributed by atoms with Gasteiger partial charge in [0.05, 0.1) is 17.9 Å². The van der Waals surface area contributed by atoms with Crippen molar-refractivity contribution < 1.29 is 19.4 Å². The molecule has 148 valence electrons. The molecule has 0 atom stereocenters. The van der Waals surface area contributed by atoms with Gasteiger partial charge in [-0.25, -0.2) is 4.79 Å². The predicted molar refractivity (Wildman–Crippen MR) is 111 cm³/mol. The second kappa shape index (κ2) is 9.50. The lowest BCUT2D eigenvalue weighted by Gasteiger charge is -2.07. The van der Waals surface area contributed by atoms with E-state index in [1.54, 1.807) is 30.3 Å². The van der Waals surface area contributed by atoms with Gasteiger partial charge in [-0.15, -0.1) is 5.11 Å². The minimum atomic E-state index is -0.527. The maximum absolute atomic E-state index is 12.3. The summed E-state index contributed by atoms with van der Waals surface area (Å²) in [6.45, 7) is 4.63. The van der Waals surface area contributed by atoms with Crippen LogP contribution in [0.5, 0.6) is 17.2 Å². The van der Waals surface area contributed by atoms with Crippen molar-refractivity contribution in [2.24, 2.45) is 10.2 Å². The molecule has 0 aliphatic rings. The summed E-state index contributed by atoms with van der Waals surface area (Å²) < 4.78 is 10.8. The van der Waals surface area contributed by atoms with Gasteiger partial charge in [-0.2, -0.15) is 5.11 Å². The summed E-state index contributed by atoms with van der Waals surface area (Å²) in [5.74, 6) is 0.257. The number of hydrogen-bond acceptors (Lipinski definition) is 6. The van der Waals surface area contributed by atoms with Crippen molar-refractivity contribution in [3.63, 3.8) is 0 Å². The van der Waals surface area contributed by atoms with Gasteiger partial charge in [0.25, 0.3) is 0 Å². The average molecular weight is 390 g/mol. The smallest absolute Gasteiger partial charge is 0.343 e. The van der Waals surface area contributed by atoms with E-state index < -0.39 is 5.97 Å². The van der Waals surface area contributed by atoms with Crippen molar-refractivity contribution in [2.75, 3.05) is 6.61 Å². The topological polar surface area (TPSA) is 80.5 Å². The van der Waals surface area contributed by atoms with Gasteiger partial charge in [-0.05, 0) is 61.9 Å². The lowest BCUT2D eigenvalue weighted by Crippen LogP contribution is -2.08. The van der Waals surface area contributed by atoms with Crippen molar-refractivity contribution in [1.82, 2.24) is 0 Å². The number of aromatic hydroxyl groups is 1. The van der Waals surface area contributed by atoms with Crippen LogP contribution in [0.25, 0.3) is 0 Å². The number of ether oxygens (including phenoxy) is 2. The molecule has 6 heteroatoms. The van der Waals surface area contributed by atoms with Crippen LogP contribution in [0.3, 0.4) is 0 Å². The monoisotopic (exact) mass is 390 g/mol. The van der Waals surface area contributed by atoms with Crippen LogP contribution in [0.1, 0.15) is 29.3 Å². The molecule has 0 aromatic heterocycles. The van der Waals surface area contributed by atoms with E-state index in [2.05, 4.69) is 10.2 Å². The van der Waals surface area contributed by atoms with E-state index in [4.69, 9.17) is 9.47 Å². The molecule has 3 rings (SSSR count). The van der Waals surface area contributed by atoms with Crippen molar-refractivity contribution in [3.05, 3.63) is 77.9 Å². The molecule has 0 aliphatic carbocycles. The third kappa shape index (κ3) is 5.65. The molecule has 0 aliphatic heterocycles. The first-order valence-corrected chi connectivity index (χ1v) is 9.31. The molecular weight excluding hydrogens is 368 g/mol. The van der Waals surface area contributed by atoms with E-state index in [9.17, 15) is 9.90 Å². The first kappa shape index (κ1) is 20.1. The Morgan fingerprint density at radius 2 is 1.62 bits per heavy atom. The fourth-order valence-electron chi connectivity index (χ4n) is 2.45. The highest BCUT2D eigenvalue weighted by Crippen LogP contribution is 2.32. The highest BCUT2D eigenvalue weighted by Gasteiger charge is 2.11. The molecule has 3 aromatic rings. The lowest BCUT2D eigenvalue weighted by atomic mass is 10.2. The standard InChI is InChI=1S/C23H22N2O4/c1-3-14-28-19-10-6-17(7-11-19)23(27)29-20-12-13-21(22(26)15-20)25-24-18-8-4-16(2)5-9-18/h4-13,15,26H,3,14H2,1-2H3. The second-order valence-electron chi connectivity index (χ2n) is 6.45. The summed E-state index contributed by atoms with van der Waals surface area (Å²) in [6.07, 6.45) is 0.911. The highest BCUT2D eigenvalue weighted by atomic mass is 16.5. The number of phenols is 1. The Hall–Kier alpha value is -3.67. The molecule has 0 amide bonds. The Bertz CT molecular complexity index is 996. The van der Waals surface area contributed by atoms with Crippen molar-refractivity contribution in [1.29, 1.82) is 0 Å². The lowest BCUT2D eigenvalue weighted by molar-refractivity contribution is 0.0734. The Kier molecular flexibility index (Phi) is 6.58. The van der Waals surface area contributed by atoms with Crippen molar-refractivity contribution >= 4 is 17.3 Å². The zero-order valence-corrected chi connectivity index (χ0v) is 16.3. The number of carbonyl (C=O) groups excluding carboxylic acids is 1. The first-order chi connectivity index (χ1) is 14.0. The molecule has 0 radical (unpaired) electrons. The van der Waals surface area contributed by atoms with E-state index in [0.717, 1.165) is 12.0 Å². The van der Waals surface area contributed by atoms with Crippen LogP contribution >= 0.6 is 0 Å². The zero-order valence-electron chi connectivity index (χ0n) is 16.3. The summed E-state index contributed by atoms with van der Waals surface area (Å²) >= 11 is 0. The van der Waals surface area contributed by atoms with Crippen LogP contribution in [-0.2, 0) is 0 Å². The van der Waals surface area contributed by atoms with Crippen LogP contribution in [0.2, 0.25) is 0 Å². The minimum Gasteiger partial charge on any atom is -0.505 e. The third-order valence-electron chi connectivity index (χ3n) is 4.03. The molecule has 0 saturated carbocycles. The maximum atomic E-state index is 12.3. The fraction of sp³-hybridized carbons (Fsp3) is 0.174. The van der Waals surface area contributed by atoms with Gasteiger partial charge in [0.15, 0.2) is 0 Å². The van der Waals surface area contributed by atoms with Gasteiger partial charge in [-0.3, -0.25) is 0 Å². The molecule has 6 nitrogen and oxygen atoms in total. The molecule has 3 aromatic carbocycles. The van der Waals surface area contributed by atoms with Gasteiger partial charge >= 0.3 is 5.97 Å². The van der Waals surface area contributed by atoms with Gasteiger partial charge in [0.2, 0.25) is 0 Å².